The van der Waals surface area contributed by atoms with Gasteiger partial charge < -0.3 is 19.3 Å². The van der Waals surface area contributed by atoms with Gasteiger partial charge in [-0.3, -0.25) is 0 Å². The van der Waals surface area contributed by atoms with Crippen LogP contribution in [0.3, 0.4) is 0 Å². The van der Waals surface area contributed by atoms with E-state index >= 15 is 0 Å². The highest BCUT2D eigenvalue weighted by molar-refractivity contribution is 5.65. The summed E-state index contributed by atoms with van der Waals surface area (Å²) in [5.41, 5.74) is 2.70. The first-order valence-corrected chi connectivity index (χ1v) is 7.43. The number of fused-ring (bicyclic) bond motifs is 1. The highest BCUT2D eigenvalue weighted by Gasteiger charge is 2.28. The molecule has 1 aromatic rings. The molecule has 4 heteroatoms. The van der Waals surface area contributed by atoms with Crippen molar-refractivity contribution >= 4 is 5.69 Å². The summed E-state index contributed by atoms with van der Waals surface area (Å²) >= 11 is 0. The van der Waals surface area contributed by atoms with Crippen LogP contribution in [-0.4, -0.2) is 51.8 Å². The molecule has 4 nitrogen and oxygen atoms in total. The number of ether oxygens (including phenoxy) is 2. The van der Waals surface area contributed by atoms with Gasteiger partial charge in [0.2, 0.25) is 0 Å². The minimum atomic E-state index is 0.689. The predicted octanol–water partition coefficient (Wildman–Crippen LogP) is 2.16. The normalized spacial score (nSPS) is 22.1. The molecule has 0 N–H and O–H groups in total. The fourth-order valence-corrected chi connectivity index (χ4v) is 3.43. The van der Waals surface area contributed by atoms with E-state index in [4.69, 9.17) is 9.47 Å². The predicted molar refractivity (Wildman–Crippen MR) is 81.1 cm³/mol. The molecular formula is C16H24N2O2. The Morgan fingerprint density at radius 2 is 1.90 bits per heavy atom. The molecule has 0 aromatic heterocycles. The van der Waals surface area contributed by atoms with E-state index in [0.29, 0.717) is 6.04 Å². The minimum absolute atomic E-state index is 0.689. The maximum Gasteiger partial charge on any atom is 0.162 e. The molecular weight excluding hydrogens is 252 g/mol. The SMILES string of the molecule is COc1cc2c(cc1OC)N(CC1CCCN1C)CC2. The van der Waals surface area contributed by atoms with Gasteiger partial charge in [0.05, 0.1) is 14.2 Å². The third kappa shape index (κ3) is 2.33. The van der Waals surface area contributed by atoms with Crippen LogP contribution in [0.15, 0.2) is 12.1 Å². The molecule has 1 unspecified atom stereocenters. The van der Waals surface area contributed by atoms with E-state index in [0.717, 1.165) is 31.0 Å². The van der Waals surface area contributed by atoms with Gasteiger partial charge in [-0.2, -0.15) is 0 Å². The molecule has 1 atom stereocenters. The van der Waals surface area contributed by atoms with Gasteiger partial charge in [-0.05, 0) is 44.5 Å². The lowest BCUT2D eigenvalue weighted by atomic mass is 10.1. The Balaban J connectivity index is 1.82. The van der Waals surface area contributed by atoms with Crippen LogP contribution in [0, 0.1) is 0 Å². The summed E-state index contributed by atoms with van der Waals surface area (Å²) in [5, 5.41) is 0. The van der Waals surface area contributed by atoms with Crippen molar-refractivity contribution < 1.29 is 9.47 Å². The third-order valence-corrected chi connectivity index (χ3v) is 4.68. The Hall–Kier alpha value is -1.42. The minimum Gasteiger partial charge on any atom is -0.493 e. The lowest BCUT2D eigenvalue weighted by molar-refractivity contribution is 0.312. The molecule has 0 radical (unpaired) electrons. The Morgan fingerprint density at radius 1 is 1.15 bits per heavy atom. The van der Waals surface area contributed by atoms with E-state index in [2.05, 4.69) is 29.0 Å². The average Bonchev–Trinajstić information content (AvgIpc) is 3.05. The van der Waals surface area contributed by atoms with Crippen LogP contribution in [0.5, 0.6) is 11.5 Å². The van der Waals surface area contributed by atoms with Crippen LogP contribution in [0.25, 0.3) is 0 Å². The van der Waals surface area contributed by atoms with Crippen LogP contribution in [0.4, 0.5) is 5.69 Å². The van der Waals surface area contributed by atoms with E-state index in [1.165, 1.54) is 30.6 Å². The van der Waals surface area contributed by atoms with E-state index in [9.17, 15) is 0 Å². The van der Waals surface area contributed by atoms with Crippen molar-refractivity contribution in [1.82, 2.24) is 4.90 Å². The molecule has 2 aliphatic heterocycles. The zero-order valence-electron chi connectivity index (χ0n) is 12.7. The number of benzene rings is 1. The molecule has 0 spiro atoms. The molecule has 0 saturated carbocycles. The van der Waals surface area contributed by atoms with Crippen LogP contribution < -0.4 is 14.4 Å². The van der Waals surface area contributed by atoms with Gasteiger partial charge in [0.25, 0.3) is 0 Å². The first kappa shape index (κ1) is 13.6. The summed E-state index contributed by atoms with van der Waals surface area (Å²) in [4.78, 5) is 4.99. The van der Waals surface area contributed by atoms with E-state index < -0.39 is 0 Å². The molecule has 2 heterocycles. The van der Waals surface area contributed by atoms with Crippen LogP contribution >= 0.6 is 0 Å². The Labute approximate surface area is 121 Å². The van der Waals surface area contributed by atoms with Crippen molar-refractivity contribution in [1.29, 1.82) is 0 Å². The van der Waals surface area contributed by atoms with Gasteiger partial charge in [-0.1, -0.05) is 0 Å². The maximum absolute atomic E-state index is 5.44. The molecule has 1 saturated heterocycles. The highest BCUT2D eigenvalue weighted by atomic mass is 16.5. The highest BCUT2D eigenvalue weighted by Crippen LogP contribution is 2.39. The van der Waals surface area contributed by atoms with Crippen molar-refractivity contribution in [3.63, 3.8) is 0 Å². The summed E-state index contributed by atoms with van der Waals surface area (Å²) in [6, 6.07) is 4.96. The van der Waals surface area contributed by atoms with Crippen LogP contribution in [0.1, 0.15) is 18.4 Å². The van der Waals surface area contributed by atoms with E-state index in [1.54, 1.807) is 14.2 Å². The lowest BCUT2D eigenvalue weighted by Gasteiger charge is -2.27. The monoisotopic (exact) mass is 276 g/mol. The van der Waals surface area contributed by atoms with Crippen molar-refractivity contribution in [2.45, 2.75) is 25.3 Å². The van der Waals surface area contributed by atoms with Crippen LogP contribution in [-0.2, 0) is 6.42 Å². The smallest absolute Gasteiger partial charge is 0.162 e. The van der Waals surface area contributed by atoms with Gasteiger partial charge >= 0.3 is 0 Å². The Kier molecular flexibility index (Phi) is 3.74. The lowest BCUT2D eigenvalue weighted by Crippen LogP contribution is -2.37. The van der Waals surface area contributed by atoms with Gasteiger partial charge in [-0.25, -0.2) is 0 Å². The number of rotatable bonds is 4. The number of anilines is 1. The number of likely N-dealkylation sites (N-methyl/N-ethyl adjacent to an activating group) is 1. The second kappa shape index (κ2) is 5.52. The first-order chi connectivity index (χ1) is 9.72. The number of hydrogen-bond donors (Lipinski definition) is 0. The molecule has 0 aliphatic carbocycles. The summed E-state index contributed by atoms with van der Waals surface area (Å²) in [7, 11) is 5.64. The zero-order valence-corrected chi connectivity index (χ0v) is 12.7. The van der Waals surface area contributed by atoms with E-state index in [-0.39, 0.29) is 0 Å². The fraction of sp³-hybridized carbons (Fsp3) is 0.625. The molecule has 2 aliphatic rings. The first-order valence-electron chi connectivity index (χ1n) is 7.43. The summed E-state index contributed by atoms with van der Waals surface area (Å²) in [5.74, 6) is 1.67. The molecule has 0 amide bonds. The summed E-state index contributed by atoms with van der Waals surface area (Å²) in [6.07, 6.45) is 3.75. The molecule has 1 aromatic carbocycles. The van der Waals surface area contributed by atoms with Crippen molar-refractivity contribution in [3.05, 3.63) is 17.7 Å². The summed E-state index contributed by atoms with van der Waals surface area (Å²) < 4.78 is 10.8. The number of nitrogens with zero attached hydrogens (tertiary/aromatic N) is 2. The second-order valence-corrected chi connectivity index (χ2v) is 5.81. The van der Waals surface area contributed by atoms with Crippen LogP contribution in [0.2, 0.25) is 0 Å². The Morgan fingerprint density at radius 3 is 2.55 bits per heavy atom. The van der Waals surface area contributed by atoms with Gasteiger partial charge in [0.15, 0.2) is 11.5 Å². The Bertz CT molecular complexity index is 490. The van der Waals surface area contributed by atoms with Gasteiger partial charge in [0.1, 0.15) is 0 Å². The standard InChI is InChI=1S/C16H24N2O2/c1-17-7-4-5-13(17)11-18-8-6-12-9-15(19-2)16(20-3)10-14(12)18/h9-10,13H,4-8,11H2,1-3H3. The van der Waals surface area contributed by atoms with Gasteiger partial charge in [0, 0.05) is 30.9 Å². The fourth-order valence-electron chi connectivity index (χ4n) is 3.43. The molecule has 20 heavy (non-hydrogen) atoms. The topological polar surface area (TPSA) is 24.9 Å². The molecule has 1 fully saturated rings. The number of hydrogen-bond acceptors (Lipinski definition) is 4. The zero-order chi connectivity index (χ0) is 14.1. The average molecular weight is 276 g/mol. The second-order valence-electron chi connectivity index (χ2n) is 5.81. The molecule has 110 valence electrons. The number of likely N-dealkylation sites (tertiary alicyclic amines) is 1. The maximum atomic E-state index is 5.44. The molecule has 3 rings (SSSR count). The van der Waals surface area contributed by atoms with Crippen molar-refractivity contribution in [2.75, 3.05) is 45.8 Å². The van der Waals surface area contributed by atoms with E-state index in [1.807, 2.05) is 0 Å². The summed E-state index contributed by atoms with van der Waals surface area (Å²) in [6.45, 7) is 3.46. The van der Waals surface area contributed by atoms with Gasteiger partial charge in [-0.15, -0.1) is 0 Å². The largest absolute Gasteiger partial charge is 0.493 e. The van der Waals surface area contributed by atoms with Crippen molar-refractivity contribution in [3.8, 4) is 11.5 Å². The number of methoxy groups -OCH3 is 2. The quantitative estimate of drug-likeness (QED) is 0.841. The third-order valence-electron chi connectivity index (χ3n) is 4.68. The van der Waals surface area contributed by atoms with Crippen molar-refractivity contribution in [2.24, 2.45) is 0 Å². The molecule has 0 bridgehead atoms.